The van der Waals surface area contributed by atoms with Crippen LogP contribution in [0.5, 0.6) is 0 Å². The zero-order valence-corrected chi connectivity index (χ0v) is 18.7. The van der Waals surface area contributed by atoms with E-state index in [9.17, 15) is 19.9 Å². The predicted octanol–water partition coefficient (Wildman–Crippen LogP) is -1.37. The Labute approximate surface area is 183 Å². The number of aliphatic hydroxyl groups excluding tert-OH is 4. The summed E-state index contributed by atoms with van der Waals surface area (Å²) >= 11 is 0. The van der Waals surface area contributed by atoms with E-state index >= 15 is 0 Å². The molecule has 3 aliphatic rings. The first-order chi connectivity index (χ1) is 14.0. The molecular formula is C18H41N2O10P. The lowest BCUT2D eigenvalue weighted by atomic mass is 9.97. The van der Waals surface area contributed by atoms with Crippen molar-refractivity contribution in [1.29, 1.82) is 0 Å². The van der Waals surface area contributed by atoms with Crippen LogP contribution in [0.25, 0.3) is 0 Å². The summed E-state index contributed by atoms with van der Waals surface area (Å²) in [5.74, 6) is 0. The Morgan fingerprint density at radius 3 is 1.52 bits per heavy atom. The summed E-state index contributed by atoms with van der Waals surface area (Å²) in [5, 5.41) is 36.6. The van der Waals surface area contributed by atoms with Gasteiger partial charge in [-0.25, -0.2) is 4.57 Å². The van der Waals surface area contributed by atoms with Gasteiger partial charge in [-0.05, 0) is 25.7 Å². The molecule has 0 radical (unpaired) electrons. The number of hydrogen-bond donors (Lipinski definition) is 8. The van der Waals surface area contributed by atoms with Crippen LogP contribution in [0, 0.1) is 0 Å². The van der Waals surface area contributed by atoms with Crippen molar-refractivity contribution in [2.75, 3.05) is 6.61 Å². The van der Waals surface area contributed by atoms with E-state index in [4.69, 9.17) is 26.4 Å². The number of aliphatic hydroxyl groups is 4. The van der Waals surface area contributed by atoms with Gasteiger partial charge in [0.15, 0.2) is 6.29 Å². The van der Waals surface area contributed by atoms with E-state index in [1.165, 1.54) is 64.2 Å². The van der Waals surface area contributed by atoms with Gasteiger partial charge in [0.25, 0.3) is 0 Å². The molecule has 0 spiro atoms. The van der Waals surface area contributed by atoms with Gasteiger partial charge in [-0.15, -0.1) is 0 Å². The first-order valence-electron chi connectivity index (χ1n) is 10.6. The Bertz CT molecular complexity index is 482. The Hall–Kier alpha value is -0.210. The standard InChI is InChI=1S/2C6H13N.C6H13O9P.H2O/c2*7-6-4-2-1-3-5-6;7-1-2-3(8)4(9)5(10)6(14-2)15-16(11,12)13;/h2*6H,1-5,7H2;2-10H,1H2,(H2,11,12,13);1H2/t;;2-,3-,4+,5-,6-;/m..1./s1/i;;6+1;. The van der Waals surface area contributed by atoms with E-state index in [-0.39, 0.29) is 5.48 Å². The van der Waals surface area contributed by atoms with Crippen LogP contribution in [0.2, 0.25) is 0 Å². The van der Waals surface area contributed by atoms with E-state index in [1.54, 1.807) is 0 Å². The highest BCUT2D eigenvalue weighted by atomic mass is 31.2. The molecule has 1 aliphatic heterocycles. The number of phosphoric ester groups is 1. The van der Waals surface area contributed by atoms with Crippen molar-refractivity contribution in [2.24, 2.45) is 11.5 Å². The molecule has 3 rings (SSSR count). The smallest absolute Gasteiger partial charge is 0.412 e. The summed E-state index contributed by atoms with van der Waals surface area (Å²) in [5.41, 5.74) is 11.3. The van der Waals surface area contributed by atoms with E-state index in [1.807, 2.05) is 0 Å². The van der Waals surface area contributed by atoms with Crippen molar-refractivity contribution < 1.29 is 49.5 Å². The number of rotatable bonds is 3. The van der Waals surface area contributed by atoms with Crippen LogP contribution in [-0.2, 0) is 13.8 Å². The average Bonchev–Trinajstić information content (AvgIpc) is 2.70. The fourth-order valence-corrected chi connectivity index (χ4v) is 4.00. The second kappa shape index (κ2) is 15.6. The minimum atomic E-state index is -4.91. The molecule has 12 nitrogen and oxygen atoms in total. The van der Waals surface area contributed by atoms with E-state index in [0.717, 1.165) is 0 Å². The number of nitrogens with two attached hydrogens (primary N) is 2. The van der Waals surface area contributed by atoms with Crippen molar-refractivity contribution in [2.45, 2.75) is 107 Å². The molecule has 0 amide bonds. The van der Waals surface area contributed by atoms with Crippen molar-refractivity contribution >= 4 is 7.82 Å². The molecule has 188 valence electrons. The lowest BCUT2D eigenvalue weighted by Crippen LogP contribution is -2.58. The van der Waals surface area contributed by atoms with Crippen molar-refractivity contribution in [1.82, 2.24) is 0 Å². The van der Waals surface area contributed by atoms with Gasteiger partial charge in [-0.2, -0.15) is 0 Å². The molecule has 1 heterocycles. The van der Waals surface area contributed by atoms with Gasteiger partial charge in [-0.1, -0.05) is 38.5 Å². The van der Waals surface area contributed by atoms with Crippen molar-refractivity contribution in [3.05, 3.63) is 0 Å². The van der Waals surface area contributed by atoms with Crippen molar-refractivity contribution in [3.63, 3.8) is 0 Å². The molecule has 2 aliphatic carbocycles. The van der Waals surface area contributed by atoms with E-state index in [0.29, 0.717) is 12.1 Å². The van der Waals surface area contributed by atoms with Crippen LogP contribution < -0.4 is 11.5 Å². The highest BCUT2D eigenvalue weighted by Crippen LogP contribution is 2.40. The predicted molar refractivity (Wildman–Crippen MR) is 113 cm³/mol. The third kappa shape index (κ3) is 12.6. The highest BCUT2D eigenvalue weighted by molar-refractivity contribution is 7.46. The van der Waals surface area contributed by atoms with Gasteiger partial charge >= 0.3 is 7.82 Å². The molecule has 5 atom stereocenters. The Kier molecular flexibility index (Phi) is 15.5. The maximum absolute atomic E-state index is 10.5. The monoisotopic (exact) mass is 477 g/mol. The summed E-state index contributed by atoms with van der Waals surface area (Å²) in [7, 11) is -4.91. The molecule has 1 saturated heterocycles. The molecule has 31 heavy (non-hydrogen) atoms. The van der Waals surface area contributed by atoms with Gasteiger partial charge in [-0.3, -0.25) is 4.52 Å². The third-order valence-corrected chi connectivity index (χ3v) is 5.87. The van der Waals surface area contributed by atoms with Crippen LogP contribution in [0.15, 0.2) is 0 Å². The fraction of sp³-hybridized carbons (Fsp3) is 1.00. The van der Waals surface area contributed by atoms with E-state index < -0.39 is 45.1 Å². The highest BCUT2D eigenvalue weighted by Gasteiger charge is 2.46. The molecule has 0 unspecified atom stereocenters. The average molecular weight is 477 g/mol. The summed E-state index contributed by atoms with van der Waals surface area (Å²) in [6.07, 6.45) is 5.07. The maximum Gasteiger partial charge on any atom is 0.472 e. The number of ether oxygens (including phenoxy) is 1. The molecule has 2 saturated carbocycles. The summed E-state index contributed by atoms with van der Waals surface area (Å²) < 4.78 is 19.2. The third-order valence-electron chi connectivity index (χ3n) is 5.39. The van der Waals surface area contributed by atoms with Crippen LogP contribution in [0.4, 0.5) is 0 Å². The normalized spacial score (nSPS) is 32.6. The molecule has 13 heteroatoms. The van der Waals surface area contributed by atoms with Crippen LogP contribution in [-0.4, -0.2) is 85.1 Å². The molecule has 0 aromatic rings. The van der Waals surface area contributed by atoms with Gasteiger partial charge in [0.1, 0.15) is 24.4 Å². The number of phosphoric acid groups is 1. The van der Waals surface area contributed by atoms with Crippen LogP contribution >= 0.6 is 7.82 Å². The van der Waals surface area contributed by atoms with Crippen molar-refractivity contribution in [3.8, 4) is 0 Å². The number of hydrogen-bond acceptors (Lipinski definition) is 9. The summed E-state index contributed by atoms with van der Waals surface area (Å²) in [6, 6.07) is 1.07. The van der Waals surface area contributed by atoms with Crippen LogP contribution in [0.1, 0.15) is 64.2 Å². The maximum atomic E-state index is 10.5. The lowest BCUT2D eigenvalue weighted by molar-refractivity contribution is -0.280. The van der Waals surface area contributed by atoms with Gasteiger partial charge in [0.05, 0.1) is 6.61 Å². The summed E-state index contributed by atoms with van der Waals surface area (Å²) in [4.78, 5) is 17.0. The molecular weight excluding hydrogens is 436 g/mol. The fourth-order valence-electron chi connectivity index (χ4n) is 3.56. The van der Waals surface area contributed by atoms with Crippen LogP contribution in [0.3, 0.4) is 0 Å². The topological polar surface area (TPSA) is 240 Å². The zero-order chi connectivity index (χ0) is 22.7. The second-order valence-electron chi connectivity index (χ2n) is 8.09. The minimum Gasteiger partial charge on any atom is -0.412 e. The minimum absolute atomic E-state index is 0. The lowest BCUT2D eigenvalue weighted by Gasteiger charge is -2.39. The Balaban J connectivity index is 0.000000495. The molecule has 12 N–H and O–H groups in total. The first-order valence-corrected chi connectivity index (χ1v) is 12.1. The molecule has 0 aromatic carbocycles. The second-order valence-corrected chi connectivity index (χ2v) is 9.28. The first kappa shape index (κ1) is 30.8. The van der Waals surface area contributed by atoms with E-state index in [2.05, 4.69) is 9.26 Å². The zero-order valence-electron chi connectivity index (χ0n) is 17.8. The molecule has 3 fully saturated rings. The van der Waals surface area contributed by atoms with Gasteiger partial charge < -0.3 is 51.9 Å². The molecule has 0 aromatic heterocycles. The Morgan fingerprint density at radius 1 is 0.806 bits per heavy atom. The largest absolute Gasteiger partial charge is 0.472 e. The van der Waals surface area contributed by atoms with Gasteiger partial charge in [0.2, 0.25) is 0 Å². The SMILES string of the molecule is NC1CCCCC1.NC1CCCCC1.O.O=P(O)(O)O[13C@H]1O[C@H](CO)[C@@H](O)[C@H](O)[C@H]1O. The van der Waals surface area contributed by atoms with Gasteiger partial charge in [0, 0.05) is 12.1 Å². The molecule has 0 bridgehead atoms. The summed E-state index contributed by atoms with van der Waals surface area (Å²) in [6.45, 7) is -0.702. The quantitative estimate of drug-likeness (QED) is 0.174. The Morgan fingerprint density at radius 2 is 1.23 bits per heavy atom.